The molecule has 0 bridgehead atoms. The minimum absolute atomic E-state index is 0.0269. The third-order valence-electron chi connectivity index (χ3n) is 1.87. The highest BCUT2D eigenvalue weighted by atomic mass is 16.5. The Morgan fingerprint density at radius 3 is 3.21 bits per heavy atom. The highest BCUT2D eigenvalue weighted by Crippen LogP contribution is 2.18. The van der Waals surface area contributed by atoms with Gasteiger partial charge in [-0.25, -0.2) is 4.79 Å². The Hall–Kier alpha value is -1.91. The minimum atomic E-state index is -1.04. The van der Waals surface area contributed by atoms with Crippen LogP contribution < -0.4 is 0 Å². The Morgan fingerprint density at radius 1 is 1.57 bits per heavy atom. The van der Waals surface area contributed by atoms with Gasteiger partial charge in [0.1, 0.15) is 18.1 Å². The highest BCUT2D eigenvalue weighted by molar-refractivity contribution is 6.40. The van der Waals surface area contributed by atoms with E-state index in [4.69, 9.17) is 9.84 Å². The van der Waals surface area contributed by atoms with Crippen molar-refractivity contribution in [3.05, 3.63) is 23.6 Å². The number of ether oxygens (including phenoxy) is 1. The molecule has 1 N–H and O–H groups in total. The molecular formula is C9H8N2O3. The molecule has 5 nitrogen and oxygen atoms in total. The van der Waals surface area contributed by atoms with Gasteiger partial charge in [-0.15, -0.1) is 0 Å². The van der Waals surface area contributed by atoms with E-state index in [1.165, 1.54) is 6.08 Å². The number of nitrogens with zero attached hydrogens (tertiary/aromatic N) is 2. The second kappa shape index (κ2) is 3.45. The van der Waals surface area contributed by atoms with E-state index >= 15 is 0 Å². The summed E-state index contributed by atoms with van der Waals surface area (Å²) in [7, 11) is 0. The molecule has 14 heavy (non-hydrogen) atoms. The molecule has 0 fully saturated rings. The first-order chi connectivity index (χ1) is 6.77. The minimum Gasteiger partial charge on any atom is -0.487 e. The summed E-state index contributed by atoms with van der Waals surface area (Å²) >= 11 is 0. The second-order valence-corrected chi connectivity index (χ2v) is 2.81. The third-order valence-corrected chi connectivity index (χ3v) is 1.87. The molecule has 0 aliphatic carbocycles. The number of carboxylic acid groups (broad SMARTS) is 1. The van der Waals surface area contributed by atoms with Gasteiger partial charge in [0.2, 0.25) is 0 Å². The van der Waals surface area contributed by atoms with Gasteiger partial charge in [-0.2, -0.15) is 0 Å². The molecule has 0 unspecified atom stereocenters. The zero-order valence-electron chi connectivity index (χ0n) is 7.30. The number of aliphatic imine (C=N–C) groups is 2. The molecule has 0 saturated heterocycles. The summed E-state index contributed by atoms with van der Waals surface area (Å²) in [6.45, 7) is 0.670. The lowest BCUT2D eigenvalue weighted by molar-refractivity contribution is -0.129. The number of carbonyl (C=O) groups is 1. The van der Waals surface area contributed by atoms with Crippen LogP contribution in [0.1, 0.15) is 0 Å². The smallest absolute Gasteiger partial charge is 0.354 e. The number of carboxylic acids is 1. The molecule has 2 aliphatic heterocycles. The highest BCUT2D eigenvalue weighted by Gasteiger charge is 2.18. The number of rotatable bonds is 1. The van der Waals surface area contributed by atoms with Crippen molar-refractivity contribution in [1.29, 1.82) is 0 Å². The standard InChI is InChI=1S/C9H8N2O3/c12-9(13)7-3-8-6(5-11-7)4-10-1-2-14-8/h1,3-4H,2,5H2,(H,12,13). The quantitative estimate of drug-likeness (QED) is 0.653. The van der Waals surface area contributed by atoms with Crippen LogP contribution in [-0.4, -0.2) is 36.2 Å². The van der Waals surface area contributed by atoms with Crippen LogP contribution in [0.15, 0.2) is 33.6 Å². The van der Waals surface area contributed by atoms with Crippen molar-refractivity contribution >= 4 is 17.9 Å². The van der Waals surface area contributed by atoms with Gasteiger partial charge in [0, 0.05) is 24.1 Å². The fourth-order valence-corrected chi connectivity index (χ4v) is 1.19. The topological polar surface area (TPSA) is 71.2 Å². The van der Waals surface area contributed by atoms with Crippen molar-refractivity contribution in [3.8, 4) is 0 Å². The van der Waals surface area contributed by atoms with Gasteiger partial charge in [-0.05, 0) is 0 Å². The fraction of sp³-hybridized carbons (Fsp3) is 0.222. The van der Waals surface area contributed by atoms with E-state index in [9.17, 15) is 4.79 Å². The van der Waals surface area contributed by atoms with E-state index in [1.807, 2.05) is 0 Å². The third kappa shape index (κ3) is 1.56. The molecule has 0 amide bonds. The van der Waals surface area contributed by atoms with Gasteiger partial charge in [0.05, 0.1) is 6.54 Å². The van der Waals surface area contributed by atoms with Crippen molar-refractivity contribution < 1.29 is 14.6 Å². The van der Waals surface area contributed by atoms with E-state index in [0.717, 1.165) is 5.57 Å². The van der Waals surface area contributed by atoms with Crippen molar-refractivity contribution in [2.24, 2.45) is 9.98 Å². The summed E-state index contributed by atoms with van der Waals surface area (Å²) < 4.78 is 5.29. The Balaban J connectivity index is 2.30. The van der Waals surface area contributed by atoms with Crippen LogP contribution >= 0.6 is 0 Å². The molecule has 0 aromatic heterocycles. The molecule has 2 aliphatic rings. The summed E-state index contributed by atoms with van der Waals surface area (Å²) in [6.07, 6.45) is 4.68. The van der Waals surface area contributed by atoms with E-state index in [1.54, 1.807) is 12.4 Å². The molecule has 0 radical (unpaired) electrons. The predicted octanol–water partition coefficient (Wildman–Crippen LogP) is 0.394. The molecule has 2 heterocycles. The average Bonchev–Trinajstić information content (AvgIpc) is 2.41. The average molecular weight is 192 g/mol. The first kappa shape index (κ1) is 8.68. The molecule has 0 aromatic rings. The van der Waals surface area contributed by atoms with Gasteiger partial charge in [-0.3, -0.25) is 9.98 Å². The van der Waals surface area contributed by atoms with Crippen molar-refractivity contribution in [3.63, 3.8) is 0 Å². The Morgan fingerprint density at radius 2 is 2.43 bits per heavy atom. The maximum Gasteiger partial charge on any atom is 0.354 e. The number of aliphatic carboxylic acids is 1. The van der Waals surface area contributed by atoms with Crippen LogP contribution in [0.5, 0.6) is 0 Å². The lowest BCUT2D eigenvalue weighted by Crippen LogP contribution is -2.17. The van der Waals surface area contributed by atoms with Crippen molar-refractivity contribution in [2.45, 2.75) is 0 Å². The first-order valence-electron chi connectivity index (χ1n) is 4.10. The van der Waals surface area contributed by atoms with Gasteiger partial charge < -0.3 is 9.84 Å². The van der Waals surface area contributed by atoms with E-state index in [2.05, 4.69) is 9.98 Å². The molecule has 2 rings (SSSR count). The summed E-state index contributed by atoms with van der Waals surface area (Å²) in [5.74, 6) is -0.486. The zero-order valence-corrected chi connectivity index (χ0v) is 7.30. The zero-order chi connectivity index (χ0) is 9.97. The maximum absolute atomic E-state index is 10.6. The second-order valence-electron chi connectivity index (χ2n) is 2.81. The Kier molecular flexibility index (Phi) is 2.14. The van der Waals surface area contributed by atoms with Crippen LogP contribution in [-0.2, 0) is 9.53 Å². The van der Waals surface area contributed by atoms with Crippen LogP contribution in [0, 0.1) is 0 Å². The molecule has 0 aromatic carbocycles. The molecule has 0 atom stereocenters. The number of dihydropyridines is 1. The number of hydrogen-bond donors (Lipinski definition) is 1. The number of fused-ring (bicyclic) bond motifs is 1. The number of hydrogen-bond acceptors (Lipinski definition) is 4. The maximum atomic E-state index is 10.6. The molecule has 5 heteroatoms. The lowest BCUT2D eigenvalue weighted by atomic mass is 10.1. The van der Waals surface area contributed by atoms with Gasteiger partial charge in [-0.1, -0.05) is 0 Å². The summed E-state index contributed by atoms with van der Waals surface area (Å²) in [5, 5.41) is 8.72. The molecular weight excluding hydrogens is 184 g/mol. The van der Waals surface area contributed by atoms with Gasteiger partial charge >= 0.3 is 5.97 Å². The lowest BCUT2D eigenvalue weighted by Gasteiger charge is -2.12. The monoisotopic (exact) mass is 192 g/mol. The van der Waals surface area contributed by atoms with Crippen molar-refractivity contribution in [2.75, 3.05) is 13.2 Å². The van der Waals surface area contributed by atoms with Crippen LogP contribution in [0.4, 0.5) is 0 Å². The SMILES string of the molecule is O=C(O)C1=NCC2=CN=CCOC2=C1. The van der Waals surface area contributed by atoms with Crippen molar-refractivity contribution in [1.82, 2.24) is 0 Å². The van der Waals surface area contributed by atoms with Gasteiger partial charge in [0.25, 0.3) is 0 Å². The normalized spacial score (nSPS) is 19.6. The van der Waals surface area contributed by atoms with Crippen LogP contribution in [0.2, 0.25) is 0 Å². The predicted molar refractivity (Wildman–Crippen MR) is 50.5 cm³/mol. The van der Waals surface area contributed by atoms with Crippen LogP contribution in [0.25, 0.3) is 0 Å². The first-order valence-corrected chi connectivity index (χ1v) is 4.10. The molecule has 0 spiro atoms. The largest absolute Gasteiger partial charge is 0.487 e. The van der Waals surface area contributed by atoms with E-state index in [-0.39, 0.29) is 5.71 Å². The van der Waals surface area contributed by atoms with Gasteiger partial charge in [0.15, 0.2) is 0 Å². The van der Waals surface area contributed by atoms with E-state index in [0.29, 0.717) is 18.9 Å². The Labute approximate surface area is 80.1 Å². The Bertz CT molecular complexity index is 391. The molecule has 0 saturated carbocycles. The molecule has 72 valence electrons. The summed E-state index contributed by atoms with van der Waals surface area (Å²) in [6, 6.07) is 0. The summed E-state index contributed by atoms with van der Waals surface area (Å²) in [5.41, 5.74) is 0.836. The summed E-state index contributed by atoms with van der Waals surface area (Å²) in [4.78, 5) is 18.5. The van der Waals surface area contributed by atoms with Crippen LogP contribution in [0.3, 0.4) is 0 Å². The van der Waals surface area contributed by atoms with E-state index < -0.39 is 5.97 Å². The fourth-order valence-electron chi connectivity index (χ4n) is 1.19.